The molecule has 5 rings (SSSR count). The lowest BCUT2D eigenvalue weighted by Gasteiger charge is -2.24. The van der Waals surface area contributed by atoms with E-state index in [-0.39, 0.29) is 23.4 Å². The monoisotopic (exact) mass is 497 g/mol. The molecule has 1 aliphatic heterocycles. The number of carbonyl (C=O) groups excluding carboxylic acids is 2. The number of furan rings is 1. The molecule has 1 N–H and O–H groups in total. The van der Waals surface area contributed by atoms with E-state index in [1.165, 1.54) is 29.4 Å². The summed E-state index contributed by atoms with van der Waals surface area (Å²) in [6.45, 7) is 2.14. The predicted octanol–water partition coefficient (Wildman–Crippen LogP) is 5.93. The summed E-state index contributed by atoms with van der Waals surface area (Å²) in [5.74, 6) is -1.66. The molecule has 186 valence electrons. The molecule has 0 radical (unpaired) electrons. The number of ether oxygens (including phenoxy) is 1. The van der Waals surface area contributed by atoms with Crippen molar-refractivity contribution in [1.82, 2.24) is 4.90 Å². The van der Waals surface area contributed by atoms with E-state index in [4.69, 9.17) is 9.15 Å². The molecule has 0 spiro atoms. The van der Waals surface area contributed by atoms with Crippen LogP contribution in [0.15, 0.2) is 101 Å². The number of hydrogen-bond donors (Lipinski definition) is 1. The molecule has 1 unspecified atom stereocenters. The fraction of sp³-hybridized carbons (Fsp3) is 0.133. The Morgan fingerprint density at radius 1 is 1.00 bits per heavy atom. The van der Waals surface area contributed by atoms with Crippen LogP contribution in [0, 0.1) is 12.7 Å². The first-order chi connectivity index (χ1) is 17.9. The smallest absolute Gasteiger partial charge is 0.296 e. The molecule has 1 atom stereocenters. The molecule has 2 heterocycles. The third-order valence-corrected chi connectivity index (χ3v) is 6.33. The summed E-state index contributed by atoms with van der Waals surface area (Å²) in [6, 6.07) is 22.8. The first-order valence-corrected chi connectivity index (χ1v) is 11.8. The number of likely N-dealkylation sites (tertiary alicyclic amines) is 1. The van der Waals surface area contributed by atoms with Gasteiger partial charge in [-0.25, -0.2) is 4.39 Å². The van der Waals surface area contributed by atoms with E-state index in [0.29, 0.717) is 23.7 Å². The summed E-state index contributed by atoms with van der Waals surface area (Å²) in [6.07, 6.45) is 1.45. The molecule has 3 aromatic carbocycles. The van der Waals surface area contributed by atoms with Crippen molar-refractivity contribution in [2.75, 3.05) is 0 Å². The van der Waals surface area contributed by atoms with Crippen LogP contribution in [0.2, 0.25) is 0 Å². The molecular weight excluding hydrogens is 473 g/mol. The van der Waals surface area contributed by atoms with Crippen LogP contribution in [0.3, 0.4) is 0 Å². The topological polar surface area (TPSA) is 80.0 Å². The van der Waals surface area contributed by atoms with Gasteiger partial charge in [-0.05, 0) is 54.4 Å². The average Bonchev–Trinajstić information content (AvgIpc) is 3.51. The van der Waals surface area contributed by atoms with Crippen molar-refractivity contribution in [3.05, 3.63) is 131 Å². The lowest BCUT2D eigenvalue weighted by atomic mass is 9.94. The highest BCUT2D eigenvalue weighted by atomic mass is 19.1. The van der Waals surface area contributed by atoms with Crippen molar-refractivity contribution in [3.8, 4) is 5.75 Å². The van der Waals surface area contributed by atoms with Gasteiger partial charge in [-0.15, -0.1) is 0 Å². The van der Waals surface area contributed by atoms with E-state index in [1.54, 1.807) is 36.4 Å². The number of halogens is 1. The Morgan fingerprint density at radius 2 is 1.76 bits per heavy atom. The average molecular weight is 498 g/mol. The molecule has 1 amide bonds. The van der Waals surface area contributed by atoms with Gasteiger partial charge < -0.3 is 19.2 Å². The number of amides is 1. The quantitative estimate of drug-likeness (QED) is 0.195. The number of aliphatic hydroxyl groups is 1. The Kier molecular flexibility index (Phi) is 6.60. The molecule has 37 heavy (non-hydrogen) atoms. The number of aryl methyl sites for hydroxylation is 1. The van der Waals surface area contributed by atoms with E-state index >= 15 is 0 Å². The lowest BCUT2D eigenvalue weighted by molar-refractivity contribution is -0.140. The number of aliphatic hydroxyl groups excluding tert-OH is 1. The van der Waals surface area contributed by atoms with Gasteiger partial charge in [0.15, 0.2) is 0 Å². The fourth-order valence-corrected chi connectivity index (χ4v) is 4.48. The summed E-state index contributed by atoms with van der Waals surface area (Å²) < 4.78 is 26.2. The van der Waals surface area contributed by atoms with Gasteiger partial charge in [-0.1, -0.05) is 48.5 Å². The zero-order valence-corrected chi connectivity index (χ0v) is 20.1. The van der Waals surface area contributed by atoms with Crippen LogP contribution in [-0.4, -0.2) is 21.7 Å². The van der Waals surface area contributed by atoms with Gasteiger partial charge in [0.1, 0.15) is 29.7 Å². The van der Waals surface area contributed by atoms with Crippen molar-refractivity contribution in [1.29, 1.82) is 0 Å². The van der Waals surface area contributed by atoms with E-state index in [9.17, 15) is 19.1 Å². The Balaban J connectivity index is 1.52. The van der Waals surface area contributed by atoms with Gasteiger partial charge in [-0.3, -0.25) is 9.59 Å². The van der Waals surface area contributed by atoms with Gasteiger partial charge in [0.05, 0.1) is 24.4 Å². The Hall–Kier alpha value is -4.65. The predicted molar refractivity (Wildman–Crippen MR) is 135 cm³/mol. The van der Waals surface area contributed by atoms with Crippen LogP contribution in [-0.2, 0) is 22.7 Å². The number of carbonyl (C=O) groups is 2. The number of nitrogens with zero attached hydrogens (tertiary/aromatic N) is 1. The maximum Gasteiger partial charge on any atom is 0.296 e. The number of hydrogen-bond acceptors (Lipinski definition) is 5. The number of Topliss-reactive ketones (excluding diaryl/α,β-unsaturated/α-hetero) is 1. The zero-order chi connectivity index (χ0) is 25.9. The minimum absolute atomic E-state index is 0.0569. The largest absolute Gasteiger partial charge is 0.507 e. The van der Waals surface area contributed by atoms with Crippen molar-refractivity contribution in [2.45, 2.75) is 26.1 Å². The number of benzene rings is 3. The standard InChI is InChI=1S/C30H24FNO5/c1-19-16-21(13-14-25(19)37-18-20-8-3-2-4-9-20)28(33)26-27(23-11-5-6-12-24(23)31)32(30(35)29(26)34)17-22-10-7-15-36-22/h2-16,27,33H,17-18H2,1H3/b28-26+. The van der Waals surface area contributed by atoms with Crippen LogP contribution in [0.1, 0.15) is 34.1 Å². The minimum Gasteiger partial charge on any atom is -0.507 e. The second-order valence-corrected chi connectivity index (χ2v) is 8.78. The van der Waals surface area contributed by atoms with Gasteiger partial charge in [-0.2, -0.15) is 0 Å². The minimum atomic E-state index is -1.12. The molecule has 0 saturated carbocycles. The number of ketones is 1. The molecular formula is C30H24FNO5. The first kappa shape index (κ1) is 24.1. The van der Waals surface area contributed by atoms with Crippen LogP contribution < -0.4 is 4.74 Å². The van der Waals surface area contributed by atoms with Crippen LogP contribution >= 0.6 is 0 Å². The normalized spacial score (nSPS) is 16.8. The second kappa shape index (κ2) is 10.1. The van der Waals surface area contributed by atoms with Crippen LogP contribution in [0.25, 0.3) is 5.76 Å². The van der Waals surface area contributed by atoms with Crippen molar-refractivity contribution < 1.29 is 28.2 Å². The SMILES string of the molecule is Cc1cc(/C(O)=C2\C(=O)C(=O)N(Cc3ccco3)C2c2ccccc2F)ccc1OCc1ccccc1. The maximum atomic E-state index is 14.9. The summed E-state index contributed by atoms with van der Waals surface area (Å²) >= 11 is 0. The molecule has 1 aliphatic rings. The van der Waals surface area contributed by atoms with Crippen LogP contribution in [0.5, 0.6) is 5.75 Å². The Labute approximate surface area is 213 Å². The summed E-state index contributed by atoms with van der Waals surface area (Å²) in [4.78, 5) is 27.5. The van der Waals surface area contributed by atoms with Gasteiger partial charge in [0.25, 0.3) is 11.7 Å². The Bertz CT molecular complexity index is 1480. The number of rotatable bonds is 7. The highest BCUT2D eigenvalue weighted by Crippen LogP contribution is 2.41. The van der Waals surface area contributed by atoms with E-state index in [2.05, 4.69) is 0 Å². The maximum absolute atomic E-state index is 14.9. The first-order valence-electron chi connectivity index (χ1n) is 11.8. The second-order valence-electron chi connectivity index (χ2n) is 8.78. The van der Waals surface area contributed by atoms with Crippen molar-refractivity contribution in [3.63, 3.8) is 0 Å². The highest BCUT2D eigenvalue weighted by molar-refractivity contribution is 6.46. The molecule has 1 aromatic heterocycles. The molecule has 6 nitrogen and oxygen atoms in total. The van der Waals surface area contributed by atoms with Gasteiger partial charge in [0, 0.05) is 11.1 Å². The molecule has 0 bridgehead atoms. The zero-order valence-electron chi connectivity index (χ0n) is 20.1. The highest BCUT2D eigenvalue weighted by Gasteiger charge is 2.47. The van der Waals surface area contributed by atoms with Crippen molar-refractivity contribution >= 4 is 17.4 Å². The van der Waals surface area contributed by atoms with Gasteiger partial charge >= 0.3 is 0 Å². The molecule has 1 saturated heterocycles. The summed E-state index contributed by atoms with van der Waals surface area (Å²) in [7, 11) is 0. The van der Waals surface area contributed by atoms with Gasteiger partial charge in [0.2, 0.25) is 0 Å². The fourth-order valence-electron chi connectivity index (χ4n) is 4.48. The van der Waals surface area contributed by atoms with E-state index < -0.39 is 23.5 Å². The third-order valence-electron chi connectivity index (χ3n) is 6.33. The van der Waals surface area contributed by atoms with Crippen LogP contribution in [0.4, 0.5) is 4.39 Å². The molecule has 0 aliphatic carbocycles. The van der Waals surface area contributed by atoms with E-state index in [0.717, 1.165) is 11.1 Å². The van der Waals surface area contributed by atoms with Crippen molar-refractivity contribution in [2.24, 2.45) is 0 Å². The third kappa shape index (κ3) is 4.76. The summed E-state index contributed by atoms with van der Waals surface area (Å²) in [5, 5.41) is 11.3. The molecule has 4 aromatic rings. The van der Waals surface area contributed by atoms with E-state index in [1.807, 2.05) is 37.3 Å². The Morgan fingerprint density at radius 3 is 2.46 bits per heavy atom. The molecule has 1 fully saturated rings. The molecule has 7 heteroatoms. The lowest BCUT2D eigenvalue weighted by Crippen LogP contribution is -2.29. The summed E-state index contributed by atoms with van der Waals surface area (Å²) in [5.41, 5.74) is 1.98.